The number of aromatic nitrogens is 2. The molecule has 0 fully saturated rings. The lowest BCUT2D eigenvalue weighted by molar-refractivity contribution is 0.741. The zero-order chi connectivity index (χ0) is 10.1. The van der Waals surface area contributed by atoms with Gasteiger partial charge in [0.2, 0.25) is 0 Å². The van der Waals surface area contributed by atoms with Gasteiger partial charge in [0, 0.05) is 0 Å². The van der Waals surface area contributed by atoms with E-state index in [0.29, 0.717) is 16.7 Å². The molecule has 5 nitrogen and oxygen atoms in total. The van der Waals surface area contributed by atoms with Crippen LogP contribution in [-0.4, -0.2) is 9.97 Å². The normalized spacial score (nSPS) is 12.1. The lowest BCUT2D eigenvalue weighted by Gasteiger charge is -2.04. The Balaban J connectivity index is 0.00000112. The van der Waals surface area contributed by atoms with Crippen LogP contribution in [-0.2, 0) is 0 Å². The van der Waals surface area contributed by atoms with Gasteiger partial charge in [-0.25, -0.2) is 4.98 Å². The number of nitrogens with two attached hydrogens (primary N) is 1. The highest BCUT2D eigenvalue weighted by atomic mass is 16.1. The summed E-state index contributed by atoms with van der Waals surface area (Å²) in [6.45, 7) is 1.78. The van der Waals surface area contributed by atoms with Crippen molar-refractivity contribution in [3.8, 4) is 0 Å². The lowest BCUT2D eigenvalue weighted by atomic mass is 10.2. The number of rotatable bonds is 1. The molecule has 80 valence electrons. The van der Waals surface area contributed by atoms with E-state index < -0.39 is 0 Å². The Morgan fingerprint density at radius 1 is 1.40 bits per heavy atom. The first-order valence-corrected chi connectivity index (χ1v) is 4.43. The Morgan fingerprint density at radius 3 is 2.73 bits per heavy atom. The van der Waals surface area contributed by atoms with E-state index in [4.69, 9.17) is 5.73 Å². The van der Waals surface area contributed by atoms with Gasteiger partial charge in [-0.3, -0.25) is 4.79 Å². The number of H-pyrrole nitrogens is 1. The van der Waals surface area contributed by atoms with Gasteiger partial charge in [0.15, 0.2) is 0 Å². The van der Waals surface area contributed by atoms with Crippen molar-refractivity contribution in [3.63, 3.8) is 0 Å². The van der Waals surface area contributed by atoms with Crippen molar-refractivity contribution >= 4 is 10.9 Å². The number of nitrogens with zero attached hydrogens (tertiary/aromatic N) is 1. The molecule has 0 aliphatic rings. The van der Waals surface area contributed by atoms with E-state index in [1.807, 2.05) is 12.1 Å². The second kappa shape index (κ2) is 4.20. The maximum atomic E-state index is 11.6. The Hall–Kier alpha value is -1.72. The minimum Gasteiger partial charge on any atom is -0.344 e. The van der Waals surface area contributed by atoms with Crippen LogP contribution in [0.25, 0.3) is 10.9 Å². The van der Waals surface area contributed by atoms with Crippen molar-refractivity contribution in [2.45, 2.75) is 13.0 Å². The van der Waals surface area contributed by atoms with Crippen LogP contribution in [0.15, 0.2) is 29.1 Å². The number of nitrogens with one attached hydrogen (secondary N) is 1. The summed E-state index contributed by atoms with van der Waals surface area (Å²) in [5.41, 5.74) is 6.19. The molecule has 0 spiro atoms. The van der Waals surface area contributed by atoms with E-state index in [-0.39, 0.29) is 17.8 Å². The maximum Gasteiger partial charge on any atom is 0.258 e. The number of hydrogen-bond donors (Lipinski definition) is 3. The maximum absolute atomic E-state index is 11.6. The number of para-hydroxylation sites is 1. The fraction of sp³-hybridized carbons (Fsp3) is 0.200. The van der Waals surface area contributed by atoms with Gasteiger partial charge in [0.05, 0.1) is 16.9 Å². The topological polar surface area (TPSA) is 107 Å². The molecule has 1 atom stereocenters. The van der Waals surface area contributed by atoms with Gasteiger partial charge in [-0.2, -0.15) is 0 Å². The number of fused-ring (bicyclic) bond motifs is 1. The SMILES string of the molecule is CC(N)c1nc2ccccc2c(=O)[nH]1.N. The average molecular weight is 206 g/mol. The number of aromatic amines is 1. The molecule has 1 heterocycles. The Labute approximate surface area is 86.9 Å². The highest BCUT2D eigenvalue weighted by Crippen LogP contribution is 2.08. The molecule has 0 radical (unpaired) electrons. The van der Waals surface area contributed by atoms with E-state index >= 15 is 0 Å². The molecule has 2 aromatic rings. The first-order chi connectivity index (χ1) is 6.68. The zero-order valence-corrected chi connectivity index (χ0v) is 8.53. The van der Waals surface area contributed by atoms with E-state index in [2.05, 4.69) is 9.97 Å². The van der Waals surface area contributed by atoms with Gasteiger partial charge in [-0.15, -0.1) is 0 Å². The minimum absolute atomic E-state index is 0. The van der Waals surface area contributed by atoms with Crippen LogP contribution in [0.4, 0.5) is 0 Å². The molecule has 0 bridgehead atoms. The molecule has 1 aromatic heterocycles. The van der Waals surface area contributed by atoms with Gasteiger partial charge >= 0.3 is 0 Å². The monoisotopic (exact) mass is 206 g/mol. The predicted octanol–water partition coefficient (Wildman–Crippen LogP) is 1.10. The van der Waals surface area contributed by atoms with Crippen LogP contribution in [0.1, 0.15) is 18.8 Å². The number of benzene rings is 1. The fourth-order valence-corrected chi connectivity index (χ4v) is 1.32. The smallest absolute Gasteiger partial charge is 0.258 e. The van der Waals surface area contributed by atoms with Gasteiger partial charge in [-0.05, 0) is 19.1 Å². The summed E-state index contributed by atoms with van der Waals surface area (Å²) in [5.74, 6) is 0.522. The van der Waals surface area contributed by atoms with Crippen LogP contribution < -0.4 is 17.4 Å². The summed E-state index contributed by atoms with van der Waals surface area (Å²) in [4.78, 5) is 18.5. The highest BCUT2D eigenvalue weighted by Gasteiger charge is 2.05. The van der Waals surface area contributed by atoms with Gasteiger partial charge in [0.1, 0.15) is 5.82 Å². The highest BCUT2D eigenvalue weighted by molar-refractivity contribution is 5.77. The van der Waals surface area contributed by atoms with Crippen LogP contribution in [0.3, 0.4) is 0 Å². The predicted molar refractivity (Wildman–Crippen MR) is 60.0 cm³/mol. The lowest BCUT2D eigenvalue weighted by Crippen LogP contribution is -2.17. The average Bonchev–Trinajstić information content (AvgIpc) is 2.17. The summed E-state index contributed by atoms with van der Waals surface area (Å²) < 4.78 is 0. The van der Waals surface area contributed by atoms with Crippen LogP contribution >= 0.6 is 0 Å². The first-order valence-electron chi connectivity index (χ1n) is 4.43. The van der Waals surface area contributed by atoms with Crippen molar-refractivity contribution in [2.75, 3.05) is 0 Å². The molecule has 0 saturated carbocycles. The fourth-order valence-electron chi connectivity index (χ4n) is 1.32. The third-order valence-electron chi connectivity index (χ3n) is 2.06. The largest absolute Gasteiger partial charge is 0.344 e. The van der Waals surface area contributed by atoms with E-state index in [9.17, 15) is 4.79 Å². The third kappa shape index (κ3) is 2.03. The zero-order valence-electron chi connectivity index (χ0n) is 8.53. The summed E-state index contributed by atoms with van der Waals surface area (Å²) >= 11 is 0. The van der Waals surface area contributed by atoms with Gasteiger partial charge in [-0.1, -0.05) is 12.1 Å². The van der Waals surface area contributed by atoms with E-state index in [1.54, 1.807) is 19.1 Å². The standard InChI is InChI=1S/C10H11N3O.H3N/c1-6(11)9-12-8-5-3-2-4-7(8)10(14)13-9;/h2-6H,11H2,1H3,(H,12,13,14);1H3. The summed E-state index contributed by atoms with van der Waals surface area (Å²) in [7, 11) is 0. The van der Waals surface area contributed by atoms with Crippen LogP contribution in [0.2, 0.25) is 0 Å². The molecule has 1 aromatic carbocycles. The van der Waals surface area contributed by atoms with E-state index in [1.165, 1.54) is 0 Å². The molecular weight excluding hydrogens is 192 g/mol. The van der Waals surface area contributed by atoms with Gasteiger partial charge < -0.3 is 16.9 Å². The Bertz CT molecular complexity index is 518. The molecule has 0 aliphatic heterocycles. The van der Waals surface area contributed by atoms with Crippen molar-refractivity contribution < 1.29 is 0 Å². The van der Waals surface area contributed by atoms with Gasteiger partial charge in [0.25, 0.3) is 5.56 Å². The quantitative estimate of drug-likeness (QED) is 0.649. The second-order valence-electron chi connectivity index (χ2n) is 3.26. The summed E-state index contributed by atoms with van der Waals surface area (Å²) in [6.07, 6.45) is 0. The molecule has 0 amide bonds. The molecule has 15 heavy (non-hydrogen) atoms. The molecule has 0 saturated heterocycles. The molecule has 6 N–H and O–H groups in total. The van der Waals surface area contributed by atoms with Crippen LogP contribution in [0, 0.1) is 0 Å². The van der Waals surface area contributed by atoms with Crippen molar-refractivity contribution in [1.29, 1.82) is 0 Å². The van der Waals surface area contributed by atoms with Crippen molar-refractivity contribution in [1.82, 2.24) is 16.1 Å². The third-order valence-corrected chi connectivity index (χ3v) is 2.06. The van der Waals surface area contributed by atoms with Crippen molar-refractivity contribution in [3.05, 3.63) is 40.4 Å². The Kier molecular flexibility index (Phi) is 3.18. The molecule has 0 aliphatic carbocycles. The van der Waals surface area contributed by atoms with Crippen molar-refractivity contribution in [2.24, 2.45) is 5.73 Å². The molecule has 5 heteroatoms. The minimum atomic E-state index is -0.257. The summed E-state index contributed by atoms with van der Waals surface area (Å²) in [5, 5.41) is 0.594. The van der Waals surface area contributed by atoms with Crippen LogP contribution in [0.5, 0.6) is 0 Å². The molecule has 2 rings (SSSR count). The molecular formula is C10H14N4O. The second-order valence-corrected chi connectivity index (χ2v) is 3.26. The Morgan fingerprint density at radius 2 is 2.07 bits per heavy atom. The molecule has 1 unspecified atom stereocenters. The first kappa shape index (κ1) is 11.4. The number of hydrogen-bond acceptors (Lipinski definition) is 4. The summed E-state index contributed by atoms with van der Waals surface area (Å²) in [6, 6.07) is 6.94. The van der Waals surface area contributed by atoms with E-state index in [0.717, 1.165) is 0 Å².